The monoisotopic (exact) mass is 293 g/mol. The Hall–Kier alpha value is -2.69. The Morgan fingerprint density at radius 3 is 2.36 bits per heavy atom. The highest BCUT2D eigenvalue weighted by Gasteiger charge is 2.09. The number of hydrogen-bond donors (Lipinski definition) is 1. The molecule has 5 nitrogen and oxygen atoms in total. The van der Waals surface area contributed by atoms with Crippen LogP contribution in [0.4, 0.5) is 11.5 Å². The van der Waals surface area contributed by atoms with E-state index in [1.807, 2.05) is 51.1 Å². The third kappa shape index (κ3) is 2.83. The molecule has 3 aromatic rings. The fourth-order valence-corrected chi connectivity index (χ4v) is 2.39. The van der Waals surface area contributed by atoms with Crippen LogP contribution < -0.4 is 5.32 Å². The van der Waals surface area contributed by atoms with Gasteiger partial charge in [0.1, 0.15) is 5.82 Å². The SMILES string of the molecule is Cc1cc(Nc2ccccc2C)nc(-n2nc(C)cc2C)n1. The van der Waals surface area contributed by atoms with Gasteiger partial charge in [0.2, 0.25) is 0 Å². The molecule has 0 amide bonds. The van der Waals surface area contributed by atoms with Gasteiger partial charge in [-0.15, -0.1) is 0 Å². The van der Waals surface area contributed by atoms with Crippen LogP contribution in [0.1, 0.15) is 22.6 Å². The number of nitrogens with zero attached hydrogens (tertiary/aromatic N) is 4. The van der Waals surface area contributed by atoms with Gasteiger partial charge in [-0.2, -0.15) is 10.1 Å². The lowest BCUT2D eigenvalue weighted by Gasteiger charge is -2.11. The van der Waals surface area contributed by atoms with Gasteiger partial charge in [-0.05, 0) is 45.4 Å². The second-order valence-corrected chi connectivity index (χ2v) is 5.47. The average molecular weight is 293 g/mol. The molecule has 0 radical (unpaired) electrons. The van der Waals surface area contributed by atoms with Crippen molar-refractivity contribution >= 4 is 11.5 Å². The summed E-state index contributed by atoms with van der Waals surface area (Å²) >= 11 is 0. The maximum Gasteiger partial charge on any atom is 0.252 e. The Morgan fingerprint density at radius 1 is 0.909 bits per heavy atom. The maximum atomic E-state index is 4.59. The summed E-state index contributed by atoms with van der Waals surface area (Å²) in [6, 6.07) is 12.1. The van der Waals surface area contributed by atoms with Crippen LogP contribution in [0.25, 0.3) is 5.95 Å². The predicted molar refractivity (Wildman–Crippen MR) is 87.8 cm³/mol. The molecule has 0 saturated heterocycles. The molecule has 112 valence electrons. The summed E-state index contributed by atoms with van der Waals surface area (Å²) in [6.07, 6.45) is 0. The van der Waals surface area contributed by atoms with Crippen LogP contribution in [0, 0.1) is 27.7 Å². The van der Waals surface area contributed by atoms with Gasteiger partial charge in [0.05, 0.1) is 5.69 Å². The fraction of sp³-hybridized carbons (Fsp3) is 0.235. The first-order valence-electron chi connectivity index (χ1n) is 7.25. The van der Waals surface area contributed by atoms with Crippen molar-refractivity contribution in [3.05, 3.63) is 59.0 Å². The zero-order chi connectivity index (χ0) is 15.7. The molecule has 0 spiro atoms. The predicted octanol–water partition coefficient (Wildman–Crippen LogP) is 3.64. The summed E-state index contributed by atoms with van der Waals surface area (Å²) < 4.78 is 1.77. The summed E-state index contributed by atoms with van der Waals surface area (Å²) in [4.78, 5) is 9.08. The van der Waals surface area contributed by atoms with E-state index in [2.05, 4.69) is 33.4 Å². The molecule has 22 heavy (non-hydrogen) atoms. The van der Waals surface area contributed by atoms with Crippen molar-refractivity contribution in [3.63, 3.8) is 0 Å². The van der Waals surface area contributed by atoms with E-state index in [1.165, 1.54) is 5.56 Å². The van der Waals surface area contributed by atoms with E-state index in [1.54, 1.807) is 4.68 Å². The smallest absolute Gasteiger partial charge is 0.252 e. The van der Waals surface area contributed by atoms with E-state index in [0.29, 0.717) is 5.95 Å². The minimum atomic E-state index is 0.585. The van der Waals surface area contributed by atoms with E-state index in [0.717, 1.165) is 28.6 Å². The molecule has 0 fully saturated rings. The number of aryl methyl sites for hydroxylation is 4. The van der Waals surface area contributed by atoms with E-state index in [4.69, 9.17) is 0 Å². The van der Waals surface area contributed by atoms with Crippen LogP contribution in [0.3, 0.4) is 0 Å². The molecule has 0 aliphatic carbocycles. The maximum absolute atomic E-state index is 4.59. The van der Waals surface area contributed by atoms with Crippen molar-refractivity contribution < 1.29 is 0 Å². The Morgan fingerprint density at radius 2 is 1.68 bits per heavy atom. The highest BCUT2D eigenvalue weighted by molar-refractivity contribution is 5.60. The van der Waals surface area contributed by atoms with Gasteiger partial charge in [0, 0.05) is 23.1 Å². The lowest BCUT2D eigenvalue weighted by Crippen LogP contribution is -2.08. The normalized spacial score (nSPS) is 10.7. The van der Waals surface area contributed by atoms with Crippen molar-refractivity contribution in [2.45, 2.75) is 27.7 Å². The second kappa shape index (κ2) is 5.60. The number of hydrogen-bond acceptors (Lipinski definition) is 4. The van der Waals surface area contributed by atoms with Crippen molar-refractivity contribution in [2.24, 2.45) is 0 Å². The van der Waals surface area contributed by atoms with Gasteiger partial charge >= 0.3 is 0 Å². The minimum absolute atomic E-state index is 0.585. The van der Waals surface area contributed by atoms with E-state index in [-0.39, 0.29) is 0 Å². The van der Waals surface area contributed by atoms with Crippen LogP contribution in [0.2, 0.25) is 0 Å². The topological polar surface area (TPSA) is 55.6 Å². The number of nitrogens with one attached hydrogen (secondary N) is 1. The van der Waals surface area contributed by atoms with Crippen LogP contribution >= 0.6 is 0 Å². The quantitative estimate of drug-likeness (QED) is 0.801. The molecule has 2 aromatic heterocycles. The number of anilines is 2. The number of rotatable bonds is 3. The van der Waals surface area contributed by atoms with Gasteiger partial charge in [-0.25, -0.2) is 9.67 Å². The highest BCUT2D eigenvalue weighted by Crippen LogP contribution is 2.20. The number of para-hydroxylation sites is 1. The Bertz CT molecular complexity index is 820. The van der Waals surface area contributed by atoms with Crippen LogP contribution in [-0.2, 0) is 0 Å². The molecule has 3 rings (SSSR count). The van der Waals surface area contributed by atoms with E-state index >= 15 is 0 Å². The zero-order valence-corrected chi connectivity index (χ0v) is 13.3. The lowest BCUT2D eigenvalue weighted by atomic mass is 10.2. The van der Waals surface area contributed by atoms with Crippen molar-refractivity contribution in [1.29, 1.82) is 0 Å². The molecule has 5 heteroatoms. The molecule has 0 atom stereocenters. The van der Waals surface area contributed by atoms with Crippen LogP contribution in [-0.4, -0.2) is 19.7 Å². The van der Waals surface area contributed by atoms with Gasteiger partial charge in [-0.1, -0.05) is 18.2 Å². The molecule has 0 saturated carbocycles. The van der Waals surface area contributed by atoms with Gasteiger partial charge < -0.3 is 5.32 Å². The minimum Gasteiger partial charge on any atom is -0.340 e. The number of aromatic nitrogens is 4. The van der Waals surface area contributed by atoms with Crippen molar-refractivity contribution in [3.8, 4) is 5.95 Å². The molecule has 1 N–H and O–H groups in total. The molecular formula is C17H19N5. The molecule has 0 aliphatic heterocycles. The molecule has 0 bridgehead atoms. The van der Waals surface area contributed by atoms with Crippen LogP contribution in [0.5, 0.6) is 0 Å². The number of benzene rings is 1. The highest BCUT2D eigenvalue weighted by atomic mass is 15.4. The summed E-state index contributed by atoms with van der Waals surface area (Å²) in [5.41, 5.74) is 5.08. The third-order valence-corrected chi connectivity index (χ3v) is 3.45. The van der Waals surface area contributed by atoms with Crippen molar-refractivity contribution in [2.75, 3.05) is 5.32 Å². The molecule has 0 unspecified atom stereocenters. The fourth-order valence-electron chi connectivity index (χ4n) is 2.39. The van der Waals surface area contributed by atoms with E-state index in [9.17, 15) is 0 Å². The van der Waals surface area contributed by atoms with Crippen LogP contribution in [0.15, 0.2) is 36.4 Å². The van der Waals surface area contributed by atoms with Gasteiger partial charge in [-0.3, -0.25) is 0 Å². The first-order chi connectivity index (χ1) is 10.5. The second-order valence-electron chi connectivity index (χ2n) is 5.47. The van der Waals surface area contributed by atoms with Gasteiger partial charge in [0.15, 0.2) is 0 Å². The first-order valence-corrected chi connectivity index (χ1v) is 7.25. The Labute approximate surface area is 130 Å². The Kier molecular flexibility index (Phi) is 3.63. The summed E-state index contributed by atoms with van der Waals surface area (Å²) in [5, 5.41) is 7.81. The first kappa shape index (κ1) is 14.3. The summed E-state index contributed by atoms with van der Waals surface area (Å²) in [5.74, 6) is 1.35. The molecule has 1 aromatic carbocycles. The Balaban J connectivity index is 2.00. The van der Waals surface area contributed by atoms with E-state index < -0.39 is 0 Å². The molecule has 0 aliphatic rings. The van der Waals surface area contributed by atoms with Gasteiger partial charge in [0.25, 0.3) is 5.95 Å². The molecule has 2 heterocycles. The zero-order valence-electron chi connectivity index (χ0n) is 13.3. The van der Waals surface area contributed by atoms with Crippen molar-refractivity contribution in [1.82, 2.24) is 19.7 Å². The summed E-state index contributed by atoms with van der Waals surface area (Å²) in [6.45, 7) is 7.99. The standard InChI is InChI=1S/C17H19N5/c1-11-7-5-6-8-15(11)19-16-10-12(2)18-17(20-16)22-14(4)9-13(3)21-22/h5-10H,1-4H3,(H,18,19,20). The molecular weight excluding hydrogens is 274 g/mol. The lowest BCUT2D eigenvalue weighted by molar-refractivity contribution is 0.770. The summed E-state index contributed by atoms with van der Waals surface area (Å²) in [7, 11) is 0. The largest absolute Gasteiger partial charge is 0.340 e. The third-order valence-electron chi connectivity index (χ3n) is 3.45. The average Bonchev–Trinajstić information content (AvgIpc) is 2.80.